The van der Waals surface area contributed by atoms with E-state index >= 15 is 0 Å². The van der Waals surface area contributed by atoms with E-state index in [2.05, 4.69) is 23.0 Å². The minimum Gasteiger partial charge on any atom is -0.327 e. The molecule has 2 heterocycles. The number of pyridine rings is 1. The highest BCUT2D eigenvalue weighted by Gasteiger charge is 2.24. The summed E-state index contributed by atoms with van der Waals surface area (Å²) in [5, 5.41) is 0. The Labute approximate surface area is 91.3 Å². The number of nitrogens with two attached hydrogens (primary N) is 1. The first-order valence-corrected chi connectivity index (χ1v) is 5.60. The molecule has 0 spiro atoms. The highest BCUT2D eigenvalue weighted by Crippen LogP contribution is 2.18. The quantitative estimate of drug-likeness (QED) is 0.780. The van der Waals surface area contributed by atoms with Crippen molar-refractivity contribution in [1.29, 1.82) is 0 Å². The largest absolute Gasteiger partial charge is 0.327 e. The molecule has 3 nitrogen and oxygen atoms in total. The minimum atomic E-state index is 0.336. The van der Waals surface area contributed by atoms with Crippen molar-refractivity contribution >= 4 is 0 Å². The minimum absolute atomic E-state index is 0.336. The number of likely N-dealkylation sites (tertiary alicyclic amines) is 1. The van der Waals surface area contributed by atoms with Gasteiger partial charge in [0, 0.05) is 24.5 Å². The van der Waals surface area contributed by atoms with Crippen LogP contribution in [-0.2, 0) is 6.42 Å². The average Bonchev–Trinajstić information content (AvgIpc) is 2.25. The first-order chi connectivity index (χ1) is 7.25. The number of hydrogen-bond donors (Lipinski definition) is 1. The lowest BCUT2D eigenvalue weighted by molar-refractivity contribution is 0.184. The van der Waals surface area contributed by atoms with Crippen LogP contribution in [0.5, 0.6) is 0 Å². The van der Waals surface area contributed by atoms with Crippen molar-refractivity contribution in [3.05, 3.63) is 30.1 Å². The second kappa shape index (κ2) is 4.73. The van der Waals surface area contributed by atoms with Crippen molar-refractivity contribution in [2.75, 3.05) is 20.1 Å². The van der Waals surface area contributed by atoms with Crippen LogP contribution in [0.4, 0.5) is 0 Å². The molecule has 1 aliphatic heterocycles. The van der Waals surface area contributed by atoms with E-state index in [1.807, 2.05) is 18.3 Å². The fraction of sp³-hybridized carbons (Fsp3) is 0.583. The monoisotopic (exact) mass is 205 g/mol. The van der Waals surface area contributed by atoms with Crippen LogP contribution >= 0.6 is 0 Å². The lowest BCUT2D eigenvalue weighted by Gasteiger charge is -2.34. The number of piperidine rings is 1. The normalized spacial score (nSPS) is 27.9. The summed E-state index contributed by atoms with van der Waals surface area (Å²) < 4.78 is 0. The number of rotatable bonds is 2. The van der Waals surface area contributed by atoms with E-state index in [9.17, 15) is 0 Å². The SMILES string of the molecule is CN1CC[C@H](N)[C@@H](Cc2ccccn2)C1. The molecule has 0 amide bonds. The van der Waals surface area contributed by atoms with Crippen LogP contribution in [-0.4, -0.2) is 36.1 Å². The fourth-order valence-corrected chi connectivity index (χ4v) is 2.24. The van der Waals surface area contributed by atoms with Crippen LogP contribution in [0.25, 0.3) is 0 Å². The lowest BCUT2D eigenvalue weighted by Crippen LogP contribution is -2.46. The van der Waals surface area contributed by atoms with Crippen LogP contribution in [0.15, 0.2) is 24.4 Å². The van der Waals surface area contributed by atoms with Gasteiger partial charge in [-0.1, -0.05) is 6.07 Å². The molecule has 0 aliphatic carbocycles. The van der Waals surface area contributed by atoms with Gasteiger partial charge in [-0.15, -0.1) is 0 Å². The van der Waals surface area contributed by atoms with Crippen molar-refractivity contribution in [3.63, 3.8) is 0 Å². The van der Waals surface area contributed by atoms with Gasteiger partial charge in [-0.25, -0.2) is 0 Å². The molecule has 2 N–H and O–H groups in total. The third-order valence-electron chi connectivity index (χ3n) is 3.19. The zero-order valence-electron chi connectivity index (χ0n) is 9.26. The maximum Gasteiger partial charge on any atom is 0.0407 e. The summed E-state index contributed by atoms with van der Waals surface area (Å²) in [7, 11) is 2.16. The van der Waals surface area contributed by atoms with Gasteiger partial charge in [0.2, 0.25) is 0 Å². The van der Waals surface area contributed by atoms with Gasteiger partial charge in [0.05, 0.1) is 0 Å². The molecular formula is C12H19N3. The molecule has 0 bridgehead atoms. The van der Waals surface area contributed by atoms with Gasteiger partial charge >= 0.3 is 0 Å². The van der Waals surface area contributed by atoms with E-state index in [1.165, 1.54) is 0 Å². The van der Waals surface area contributed by atoms with E-state index in [4.69, 9.17) is 5.73 Å². The standard InChI is InChI=1S/C12H19N3/c1-15-7-5-12(13)10(9-15)8-11-4-2-3-6-14-11/h2-4,6,10,12H,5,7-9,13H2,1H3/t10-,12-/m0/s1. The lowest BCUT2D eigenvalue weighted by atomic mass is 9.89. The van der Waals surface area contributed by atoms with Gasteiger partial charge in [-0.05, 0) is 44.5 Å². The van der Waals surface area contributed by atoms with Crippen molar-refractivity contribution in [1.82, 2.24) is 9.88 Å². The molecule has 15 heavy (non-hydrogen) atoms. The molecule has 0 radical (unpaired) electrons. The predicted octanol–water partition coefficient (Wildman–Crippen LogP) is 0.903. The summed E-state index contributed by atoms with van der Waals surface area (Å²) in [6.45, 7) is 2.22. The molecule has 1 aromatic heterocycles. The highest BCUT2D eigenvalue weighted by molar-refractivity contribution is 5.05. The molecule has 82 valence electrons. The van der Waals surface area contributed by atoms with Crippen LogP contribution in [0, 0.1) is 5.92 Å². The second-order valence-corrected chi connectivity index (χ2v) is 4.50. The molecule has 1 aliphatic rings. The Balaban J connectivity index is 1.98. The van der Waals surface area contributed by atoms with E-state index < -0.39 is 0 Å². The molecule has 0 aromatic carbocycles. The summed E-state index contributed by atoms with van der Waals surface area (Å²) in [6.07, 6.45) is 3.97. The summed E-state index contributed by atoms with van der Waals surface area (Å²) in [5.74, 6) is 0.554. The summed E-state index contributed by atoms with van der Waals surface area (Å²) in [5.41, 5.74) is 7.30. The molecule has 1 fully saturated rings. The first kappa shape index (κ1) is 10.6. The zero-order valence-corrected chi connectivity index (χ0v) is 9.26. The van der Waals surface area contributed by atoms with Crippen molar-refractivity contribution in [3.8, 4) is 0 Å². The summed E-state index contributed by atoms with van der Waals surface area (Å²) >= 11 is 0. The first-order valence-electron chi connectivity index (χ1n) is 5.60. The molecule has 1 aromatic rings. The predicted molar refractivity (Wildman–Crippen MR) is 61.5 cm³/mol. The third kappa shape index (κ3) is 2.76. The molecular weight excluding hydrogens is 186 g/mol. The number of aromatic nitrogens is 1. The molecule has 0 unspecified atom stereocenters. The van der Waals surface area contributed by atoms with Crippen LogP contribution in [0.1, 0.15) is 12.1 Å². The molecule has 3 heteroatoms. The van der Waals surface area contributed by atoms with Crippen LogP contribution < -0.4 is 5.73 Å². The average molecular weight is 205 g/mol. The van der Waals surface area contributed by atoms with Gasteiger partial charge < -0.3 is 10.6 Å². The molecule has 2 atom stereocenters. The van der Waals surface area contributed by atoms with Crippen molar-refractivity contribution < 1.29 is 0 Å². The molecule has 0 saturated carbocycles. The van der Waals surface area contributed by atoms with Crippen molar-refractivity contribution in [2.24, 2.45) is 11.7 Å². The zero-order chi connectivity index (χ0) is 10.7. The number of nitrogens with zero attached hydrogens (tertiary/aromatic N) is 2. The van der Waals surface area contributed by atoms with Crippen molar-refractivity contribution in [2.45, 2.75) is 18.9 Å². The Kier molecular flexibility index (Phi) is 3.34. The highest BCUT2D eigenvalue weighted by atomic mass is 15.1. The Bertz CT molecular complexity index is 299. The molecule has 2 rings (SSSR count). The topological polar surface area (TPSA) is 42.1 Å². The smallest absolute Gasteiger partial charge is 0.0407 e. The third-order valence-corrected chi connectivity index (χ3v) is 3.19. The van der Waals surface area contributed by atoms with Gasteiger partial charge in [0.1, 0.15) is 0 Å². The van der Waals surface area contributed by atoms with E-state index in [0.717, 1.165) is 31.6 Å². The Hall–Kier alpha value is -0.930. The summed E-state index contributed by atoms with van der Waals surface area (Å²) in [6, 6.07) is 6.42. The van der Waals surface area contributed by atoms with Crippen LogP contribution in [0.2, 0.25) is 0 Å². The Morgan fingerprint density at radius 2 is 2.40 bits per heavy atom. The van der Waals surface area contributed by atoms with E-state index in [0.29, 0.717) is 12.0 Å². The second-order valence-electron chi connectivity index (χ2n) is 4.50. The van der Waals surface area contributed by atoms with Gasteiger partial charge in [-0.2, -0.15) is 0 Å². The molecule has 1 saturated heterocycles. The number of hydrogen-bond acceptors (Lipinski definition) is 3. The maximum absolute atomic E-state index is 6.13. The van der Waals surface area contributed by atoms with Gasteiger partial charge in [0.25, 0.3) is 0 Å². The van der Waals surface area contributed by atoms with Gasteiger partial charge in [-0.3, -0.25) is 4.98 Å². The Morgan fingerprint density at radius 1 is 1.53 bits per heavy atom. The Morgan fingerprint density at radius 3 is 3.13 bits per heavy atom. The fourth-order valence-electron chi connectivity index (χ4n) is 2.24. The van der Waals surface area contributed by atoms with E-state index in [1.54, 1.807) is 0 Å². The maximum atomic E-state index is 6.13. The van der Waals surface area contributed by atoms with Crippen LogP contribution in [0.3, 0.4) is 0 Å². The van der Waals surface area contributed by atoms with Gasteiger partial charge in [0.15, 0.2) is 0 Å². The van der Waals surface area contributed by atoms with E-state index in [-0.39, 0.29) is 0 Å². The summed E-state index contributed by atoms with van der Waals surface area (Å²) in [4.78, 5) is 6.72.